The van der Waals surface area contributed by atoms with Gasteiger partial charge in [-0.1, -0.05) is 6.08 Å². The molecule has 0 saturated heterocycles. The van der Waals surface area contributed by atoms with E-state index in [1.165, 1.54) is 12.1 Å². The van der Waals surface area contributed by atoms with Gasteiger partial charge in [0.05, 0.1) is 12.1 Å². The van der Waals surface area contributed by atoms with E-state index in [9.17, 15) is 10.1 Å². The second kappa shape index (κ2) is 5.41. The van der Waals surface area contributed by atoms with Crippen molar-refractivity contribution in [3.8, 4) is 0 Å². The van der Waals surface area contributed by atoms with Gasteiger partial charge in [0.25, 0.3) is 0 Å². The predicted molar refractivity (Wildman–Crippen MR) is 54.4 cm³/mol. The largest absolute Gasteiger partial charge is 0.433 e. The van der Waals surface area contributed by atoms with Gasteiger partial charge in [-0.2, -0.15) is 0 Å². The van der Waals surface area contributed by atoms with E-state index >= 15 is 0 Å². The summed E-state index contributed by atoms with van der Waals surface area (Å²) in [7, 11) is 0. The van der Waals surface area contributed by atoms with Crippen LogP contribution in [0.25, 0.3) is 0 Å². The van der Waals surface area contributed by atoms with Gasteiger partial charge >= 0.3 is 5.88 Å². The van der Waals surface area contributed by atoms with Crippen LogP contribution in [-0.2, 0) is 0 Å². The third kappa shape index (κ3) is 2.86. The van der Waals surface area contributed by atoms with Gasteiger partial charge in [-0.05, 0) is 12.5 Å². The lowest BCUT2D eigenvalue weighted by molar-refractivity contribution is -0.402. The minimum absolute atomic E-state index is 0. The van der Waals surface area contributed by atoms with Gasteiger partial charge in [0.2, 0.25) is 0 Å². The monoisotopic (exact) mass is 218 g/mol. The van der Waals surface area contributed by atoms with Crippen LogP contribution in [-0.4, -0.2) is 4.92 Å². The van der Waals surface area contributed by atoms with Gasteiger partial charge in [0.1, 0.15) is 10.7 Å². The molecule has 0 aliphatic heterocycles. The van der Waals surface area contributed by atoms with Crippen molar-refractivity contribution in [1.82, 2.24) is 0 Å². The van der Waals surface area contributed by atoms with E-state index in [0.717, 1.165) is 0 Å². The molecule has 0 saturated carbocycles. The third-order valence-electron chi connectivity index (χ3n) is 1.58. The fourth-order valence-corrected chi connectivity index (χ4v) is 0.935. The van der Waals surface area contributed by atoms with Crippen molar-refractivity contribution >= 4 is 18.3 Å². The Labute approximate surface area is 87.1 Å². The van der Waals surface area contributed by atoms with Crippen LogP contribution in [0.1, 0.15) is 18.2 Å². The fourth-order valence-electron chi connectivity index (χ4n) is 0.935. The molecule has 0 aliphatic rings. The first-order chi connectivity index (χ1) is 6.15. The van der Waals surface area contributed by atoms with E-state index < -0.39 is 4.92 Å². The van der Waals surface area contributed by atoms with Crippen molar-refractivity contribution in [2.45, 2.75) is 12.5 Å². The number of nitrogens with zero attached hydrogens (tertiary/aromatic N) is 1. The van der Waals surface area contributed by atoms with E-state index in [-0.39, 0.29) is 24.3 Å². The minimum Gasteiger partial charge on any atom is -0.404 e. The van der Waals surface area contributed by atoms with E-state index in [2.05, 4.69) is 6.58 Å². The summed E-state index contributed by atoms with van der Waals surface area (Å²) >= 11 is 0. The van der Waals surface area contributed by atoms with E-state index in [1.807, 2.05) is 0 Å². The molecule has 1 atom stereocenters. The molecule has 78 valence electrons. The molecule has 5 nitrogen and oxygen atoms in total. The summed E-state index contributed by atoms with van der Waals surface area (Å²) in [5.41, 5.74) is 5.63. The maximum absolute atomic E-state index is 10.2. The maximum atomic E-state index is 10.2. The fraction of sp³-hybridized carbons (Fsp3) is 0.250. The average molecular weight is 219 g/mol. The Bertz CT molecular complexity index is 324. The molecule has 0 aromatic carbocycles. The molecule has 1 heterocycles. The number of hydrogen-bond acceptors (Lipinski definition) is 4. The summed E-state index contributed by atoms with van der Waals surface area (Å²) < 4.78 is 4.89. The van der Waals surface area contributed by atoms with Crippen molar-refractivity contribution in [3.63, 3.8) is 0 Å². The number of halogens is 1. The molecule has 0 bridgehead atoms. The Balaban J connectivity index is 0.00000169. The first kappa shape index (κ1) is 12.7. The van der Waals surface area contributed by atoms with Crippen molar-refractivity contribution in [2.24, 2.45) is 5.73 Å². The van der Waals surface area contributed by atoms with Crippen molar-refractivity contribution in [2.75, 3.05) is 0 Å². The molecular weight excluding hydrogens is 208 g/mol. The number of hydrogen-bond donors (Lipinski definition) is 1. The maximum Gasteiger partial charge on any atom is 0.433 e. The van der Waals surface area contributed by atoms with Gasteiger partial charge < -0.3 is 10.2 Å². The standard InChI is InChI=1S/C8H10N2O3.ClH/c1-2-3-6(9)7-4-5-8(13-7)10(11)12;/h2,4-6H,1,3,9H2;1H/t6-;/m0./s1. The topological polar surface area (TPSA) is 82.3 Å². The van der Waals surface area contributed by atoms with Gasteiger partial charge in [-0.3, -0.25) is 10.1 Å². The summed E-state index contributed by atoms with van der Waals surface area (Å²) in [5.74, 6) is 0.126. The molecule has 0 fully saturated rings. The number of rotatable bonds is 4. The highest BCUT2D eigenvalue weighted by molar-refractivity contribution is 5.85. The van der Waals surface area contributed by atoms with Gasteiger partial charge in [0, 0.05) is 0 Å². The Morgan fingerprint density at radius 3 is 2.79 bits per heavy atom. The van der Waals surface area contributed by atoms with E-state index in [4.69, 9.17) is 10.2 Å². The van der Waals surface area contributed by atoms with Gasteiger partial charge in [-0.25, -0.2) is 0 Å². The zero-order valence-electron chi connectivity index (χ0n) is 7.38. The van der Waals surface area contributed by atoms with Crippen LogP contribution in [0, 0.1) is 10.1 Å². The molecule has 1 rings (SSSR count). The van der Waals surface area contributed by atoms with Gasteiger partial charge in [-0.15, -0.1) is 19.0 Å². The third-order valence-corrected chi connectivity index (χ3v) is 1.58. The smallest absolute Gasteiger partial charge is 0.404 e. The average Bonchev–Trinajstić information content (AvgIpc) is 2.52. The highest BCUT2D eigenvalue weighted by Crippen LogP contribution is 2.21. The van der Waals surface area contributed by atoms with Crippen LogP contribution < -0.4 is 5.73 Å². The Hall–Kier alpha value is -1.33. The molecule has 14 heavy (non-hydrogen) atoms. The lowest BCUT2D eigenvalue weighted by Gasteiger charge is -2.02. The first-order valence-corrected chi connectivity index (χ1v) is 3.75. The van der Waals surface area contributed by atoms with Crippen molar-refractivity contribution in [1.29, 1.82) is 0 Å². The molecule has 0 unspecified atom stereocenters. The molecule has 0 spiro atoms. The lowest BCUT2D eigenvalue weighted by Crippen LogP contribution is -2.07. The number of nitrogens with two attached hydrogens (primary N) is 1. The molecule has 0 amide bonds. The molecule has 6 heteroatoms. The quantitative estimate of drug-likeness (QED) is 0.477. The molecule has 0 aliphatic carbocycles. The number of nitro groups is 1. The summed E-state index contributed by atoms with van der Waals surface area (Å²) in [4.78, 5) is 9.65. The van der Waals surface area contributed by atoms with Crippen LogP contribution >= 0.6 is 12.4 Å². The summed E-state index contributed by atoms with van der Waals surface area (Å²) in [6.07, 6.45) is 2.17. The summed E-state index contributed by atoms with van der Waals surface area (Å²) in [5, 5.41) is 10.2. The molecule has 0 radical (unpaired) electrons. The van der Waals surface area contributed by atoms with Crippen molar-refractivity contribution in [3.05, 3.63) is 40.7 Å². The second-order valence-corrected chi connectivity index (χ2v) is 2.56. The minimum atomic E-state index is -0.593. The predicted octanol–water partition coefficient (Wildman–Crippen LogP) is 2.19. The zero-order chi connectivity index (χ0) is 9.84. The number of furan rings is 1. The highest BCUT2D eigenvalue weighted by atomic mass is 35.5. The SMILES string of the molecule is C=CC[C@H](N)c1ccc([N+](=O)[O-])o1.Cl. The molecular formula is C8H11ClN2O3. The molecule has 1 aromatic rings. The van der Waals surface area contributed by atoms with Crippen molar-refractivity contribution < 1.29 is 9.34 Å². The second-order valence-electron chi connectivity index (χ2n) is 2.56. The Kier molecular flexibility index (Phi) is 4.90. The van der Waals surface area contributed by atoms with Crippen LogP contribution in [0.5, 0.6) is 0 Å². The Morgan fingerprint density at radius 1 is 1.71 bits per heavy atom. The Morgan fingerprint density at radius 2 is 2.36 bits per heavy atom. The van der Waals surface area contributed by atoms with E-state index in [0.29, 0.717) is 12.2 Å². The van der Waals surface area contributed by atoms with Crippen LogP contribution in [0.4, 0.5) is 5.88 Å². The molecule has 2 N–H and O–H groups in total. The van der Waals surface area contributed by atoms with Crippen LogP contribution in [0.2, 0.25) is 0 Å². The van der Waals surface area contributed by atoms with E-state index in [1.54, 1.807) is 6.08 Å². The van der Waals surface area contributed by atoms with Crippen LogP contribution in [0.15, 0.2) is 29.2 Å². The first-order valence-electron chi connectivity index (χ1n) is 3.75. The van der Waals surface area contributed by atoms with Crippen LogP contribution in [0.3, 0.4) is 0 Å². The summed E-state index contributed by atoms with van der Waals surface area (Å²) in [6, 6.07) is 2.44. The highest BCUT2D eigenvalue weighted by Gasteiger charge is 2.15. The van der Waals surface area contributed by atoms with Gasteiger partial charge in [0.15, 0.2) is 0 Å². The zero-order valence-corrected chi connectivity index (χ0v) is 8.20. The summed E-state index contributed by atoms with van der Waals surface area (Å²) in [6.45, 7) is 3.51. The lowest BCUT2D eigenvalue weighted by atomic mass is 10.2. The molecule has 1 aromatic heterocycles. The normalized spacial score (nSPS) is 11.5.